The first kappa shape index (κ1) is 12.4. The summed E-state index contributed by atoms with van der Waals surface area (Å²) in [6, 6.07) is 6.19. The molecule has 2 rings (SSSR count). The Labute approximate surface area is 110 Å². The van der Waals surface area contributed by atoms with E-state index in [1.807, 2.05) is 17.5 Å². The largest absolute Gasteiger partial charge is 0.496 e. The number of benzene rings is 1. The van der Waals surface area contributed by atoms with Crippen LogP contribution < -0.4 is 4.74 Å². The average Bonchev–Trinajstić information content (AvgIpc) is 2.77. The predicted molar refractivity (Wildman–Crippen MR) is 72.2 cm³/mol. The Morgan fingerprint density at radius 3 is 2.88 bits per heavy atom. The van der Waals surface area contributed by atoms with Crippen LogP contribution in [0.2, 0.25) is 0 Å². The Hall–Kier alpha value is -1.06. The molecule has 0 N–H and O–H groups in total. The second-order valence-corrected chi connectivity index (χ2v) is 5.07. The topological polar surface area (TPSA) is 22.1 Å². The predicted octanol–water partition coefficient (Wildman–Crippen LogP) is 3.79. The third-order valence-electron chi connectivity index (χ3n) is 2.51. The van der Waals surface area contributed by atoms with Crippen molar-refractivity contribution < 1.29 is 4.74 Å². The minimum Gasteiger partial charge on any atom is -0.496 e. The van der Waals surface area contributed by atoms with Crippen LogP contribution in [0.15, 0.2) is 23.6 Å². The summed E-state index contributed by atoms with van der Waals surface area (Å²) < 4.78 is 5.36. The minimum absolute atomic E-state index is 0.474. The number of aromatic nitrogens is 1. The van der Waals surface area contributed by atoms with E-state index in [2.05, 4.69) is 18.0 Å². The van der Waals surface area contributed by atoms with Crippen LogP contribution in [0.4, 0.5) is 0 Å². The van der Waals surface area contributed by atoms with Gasteiger partial charge in [-0.05, 0) is 13.0 Å². The summed E-state index contributed by atoms with van der Waals surface area (Å²) >= 11 is 7.39. The minimum atomic E-state index is 0.474. The van der Waals surface area contributed by atoms with Crippen molar-refractivity contribution >= 4 is 22.9 Å². The molecule has 2 nitrogen and oxygen atoms in total. The molecule has 0 bridgehead atoms. The number of halogens is 1. The number of hydrogen-bond acceptors (Lipinski definition) is 3. The molecule has 4 heteroatoms. The lowest BCUT2D eigenvalue weighted by Gasteiger charge is -2.07. The van der Waals surface area contributed by atoms with Gasteiger partial charge >= 0.3 is 0 Å². The molecule has 0 radical (unpaired) electrons. The Balaban J connectivity index is 2.25. The highest BCUT2D eigenvalue weighted by atomic mass is 35.5. The van der Waals surface area contributed by atoms with E-state index in [0.717, 1.165) is 22.9 Å². The van der Waals surface area contributed by atoms with Gasteiger partial charge in [0.25, 0.3) is 0 Å². The molecule has 0 aliphatic heterocycles. The van der Waals surface area contributed by atoms with E-state index in [1.165, 1.54) is 11.1 Å². The highest BCUT2D eigenvalue weighted by molar-refractivity contribution is 7.09. The summed E-state index contributed by atoms with van der Waals surface area (Å²) in [5, 5.41) is 3.08. The third-order valence-corrected chi connectivity index (χ3v) is 3.69. The van der Waals surface area contributed by atoms with Crippen molar-refractivity contribution in [2.24, 2.45) is 0 Å². The van der Waals surface area contributed by atoms with Crippen molar-refractivity contribution in [2.45, 2.75) is 19.2 Å². The van der Waals surface area contributed by atoms with E-state index in [0.29, 0.717) is 5.88 Å². The van der Waals surface area contributed by atoms with Crippen LogP contribution in [0.1, 0.15) is 21.8 Å². The Kier molecular flexibility index (Phi) is 4.02. The molecular formula is C13H14ClNOS. The number of methoxy groups -OCH3 is 1. The third kappa shape index (κ3) is 2.99. The standard InChI is InChI=1S/C13H14ClNOS/c1-9-3-4-12(16-2)10(5-9)6-13-15-11(7-14)8-17-13/h3-5,8H,6-7H2,1-2H3. The fourth-order valence-electron chi connectivity index (χ4n) is 1.70. The molecule has 90 valence electrons. The molecule has 2 aromatic rings. The van der Waals surface area contributed by atoms with Crippen molar-refractivity contribution in [2.75, 3.05) is 7.11 Å². The van der Waals surface area contributed by atoms with E-state index < -0.39 is 0 Å². The van der Waals surface area contributed by atoms with Crippen molar-refractivity contribution in [3.05, 3.63) is 45.4 Å². The van der Waals surface area contributed by atoms with Crippen molar-refractivity contribution in [3.8, 4) is 5.75 Å². The zero-order valence-corrected chi connectivity index (χ0v) is 11.4. The Morgan fingerprint density at radius 1 is 1.41 bits per heavy atom. The summed E-state index contributed by atoms with van der Waals surface area (Å²) in [5.41, 5.74) is 3.34. The fraction of sp³-hybridized carbons (Fsp3) is 0.308. The number of thiazole rings is 1. The van der Waals surface area contributed by atoms with Gasteiger partial charge in [-0.2, -0.15) is 0 Å². The highest BCUT2D eigenvalue weighted by Crippen LogP contribution is 2.24. The van der Waals surface area contributed by atoms with Crippen LogP contribution in [0.3, 0.4) is 0 Å². The molecule has 1 aromatic carbocycles. The fourth-order valence-corrected chi connectivity index (χ4v) is 2.75. The Bertz CT molecular complexity index is 510. The molecule has 0 spiro atoms. The van der Waals surface area contributed by atoms with E-state index in [-0.39, 0.29) is 0 Å². The summed E-state index contributed by atoms with van der Waals surface area (Å²) in [6.07, 6.45) is 0.798. The Morgan fingerprint density at radius 2 is 2.24 bits per heavy atom. The quantitative estimate of drug-likeness (QED) is 0.787. The van der Waals surface area contributed by atoms with Gasteiger partial charge in [0, 0.05) is 17.4 Å². The molecule has 0 atom stereocenters. The van der Waals surface area contributed by atoms with Crippen LogP contribution in [-0.4, -0.2) is 12.1 Å². The van der Waals surface area contributed by atoms with Gasteiger partial charge in [0.1, 0.15) is 5.75 Å². The van der Waals surface area contributed by atoms with Crippen LogP contribution in [-0.2, 0) is 12.3 Å². The van der Waals surface area contributed by atoms with Gasteiger partial charge in [-0.25, -0.2) is 4.98 Å². The zero-order chi connectivity index (χ0) is 12.3. The van der Waals surface area contributed by atoms with Gasteiger partial charge in [-0.3, -0.25) is 0 Å². The molecule has 0 saturated heterocycles. The van der Waals surface area contributed by atoms with E-state index >= 15 is 0 Å². The van der Waals surface area contributed by atoms with Gasteiger partial charge in [-0.15, -0.1) is 22.9 Å². The lowest BCUT2D eigenvalue weighted by Crippen LogP contribution is -1.94. The summed E-state index contributed by atoms with van der Waals surface area (Å²) in [6.45, 7) is 2.08. The first-order valence-corrected chi connectivity index (χ1v) is 6.77. The molecular weight excluding hydrogens is 254 g/mol. The van der Waals surface area contributed by atoms with Gasteiger partial charge < -0.3 is 4.74 Å². The van der Waals surface area contributed by atoms with Gasteiger partial charge in [-0.1, -0.05) is 17.7 Å². The van der Waals surface area contributed by atoms with Gasteiger partial charge in [0.15, 0.2) is 0 Å². The molecule has 0 unspecified atom stereocenters. The van der Waals surface area contributed by atoms with Crippen LogP contribution in [0, 0.1) is 6.92 Å². The molecule has 0 fully saturated rings. The number of aryl methyl sites for hydroxylation is 1. The van der Waals surface area contributed by atoms with Crippen LogP contribution in [0.25, 0.3) is 0 Å². The molecule has 17 heavy (non-hydrogen) atoms. The number of alkyl halides is 1. The molecule has 0 aliphatic rings. The maximum Gasteiger partial charge on any atom is 0.122 e. The second kappa shape index (κ2) is 5.52. The zero-order valence-electron chi connectivity index (χ0n) is 9.87. The summed E-state index contributed by atoms with van der Waals surface area (Å²) in [7, 11) is 1.69. The van der Waals surface area contributed by atoms with E-state index in [9.17, 15) is 0 Å². The second-order valence-electron chi connectivity index (χ2n) is 3.86. The molecule has 0 aliphatic carbocycles. The monoisotopic (exact) mass is 267 g/mol. The lowest BCUT2D eigenvalue weighted by atomic mass is 10.1. The summed E-state index contributed by atoms with van der Waals surface area (Å²) in [4.78, 5) is 4.46. The van der Waals surface area contributed by atoms with E-state index in [1.54, 1.807) is 18.4 Å². The molecule has 0 saturated carbocycles. The highest BCUT2D eigenvalue weighted by Gasteiger charge is 2.07. The molecule has 1 heterocycles. The van der Waals surface area contributed by atoms with Crippen molar-refractivity contribution in [1.29, 1.82) is 0 Å². The first-order chi connectivity index (χ1) is 8.22. The first-order valence-electron chi connectivity index (χ1n) is 5.35. The maximum absolute atomic E-state index is 5.75. The smallest absolute Gasteiger partial charge is 0.122 e. The van der Waals surface area contributed by atoms with Crippen molar-refractivity contribution in [1.82, 2.24) is 4.98 Å². The van der Waals surface area contributed by atoms with E-state index in [4.69, 9.17) is 16.3 Å². The van der Waals surface area contributed by atoms with Gasteiger partial charge in [0.2, 0.25) is 0 Å². The maximum atomic E-state index is 5.75. The van der Waals surface area contributed by atoms with Gasteiger partial charge in [0.05, 0.1) is 23.7 Å². The average molecular weight is 268 g/mol. The van der Waals surface area contributed by atoms with Crippen LogP contribution >= 0.6 is 22.9 Å². The normalized spacial score (nSPS) is 10.5. The van der Waals surface area contributed by atoms with Crippen molar-refractivity contribution in [3.63, 3.8) is 0 Å². The number of nitrogens with zero attached hydrogens (tertiary/aromatic N) is 1. The molecule has 0 amide bonds. The lowest BCUT2D eigenvalue weighted by molar-refractivity contribution is 0.410. The number of rotatable bonds is 4. The number of ether oxygens (including phenoxy) is 1. The van der Waals surface area contributed by atoms with Crippen LogP contribution in [0.5, 0.6) is 5.75 Å². The SMILES string of the molecule is COc1ccc(C)cc1Cc1nc(CCl)cs1. The molecule has 1 aromatic heterocycles. The summed E-state index contributed by atoms with van der Waals surface area (Å²) in [5.74, 6) is 1.39. The number of hydrogen-bond donors (Lipinski definition) is 0.